The van der Waals surface area contributed by atoms with Gasteiger partial charge in [-0.05, 0) is 49.0 Å². The predicted octanol–water partition coefficient (Wildman–Crippen LogP) is 6.80. The molecule has 3 aromatic carbocycles. The van der Waals surface area contributed by atoms with Crippen LogP contribution in [0.15, 0.2) is 66.0 Å². The molecule has 0 saturated heterocycles. The lowest BCUT2D eigenvalue weighted by molar-refractivity contribution is 0.0698. The van der Waals surface area contributed by atoms with E-state index in [4.69, 9.17) is 28.2 Å². The highest BCUT2D eigenvalue weighted by Crippen LogP contribution is 2.34. The third kappa shape index (κ3) is 6.28. The number of hydrogen-bond donors (Lipinski definition) is 2. The minimum absolute atomic E-state index is 0.241. The molecular formula is C27H25Cl2N3O2S. The van der Waals surface area contributed by atoms with Crippen molar-refractivity contribution >= 4 is 40.5 Å². The lowest BCUT2D eigenvalue weighted by atomic mass is 9.96. The molecule has 2 N–H and O–H groups in total. The third-order valence-corrected chi connectivity index (χ3v) is 7.18. The molecule has 0 aliphatic carbocycles. The summed E-state index contributed by atoms with van der Waals surface area (Å²) in [5, 5.41) is 16.9. The second-order valence-electron chi connectivity index (χ2n) is 8.41. The summed E-state index contributed by atoms with van der Waals surface area (Å²) >= 11 is 13.6. The van der Waals surface area contributed by atoms with Gasteiger partial charge >= 0.3 is 5.97 Å². The van der Waals surface area contributed by atoms with E-state index in [0.29, 0.717) is 15.6 Å². The van der Waals surface area contributed by atoms with Crippen molar-refractivity contribution in [3.63, 3.8) is 0 Å². The van der Waals surface area contributed by atoms with Crippen LogP contribution in [0.4, 0.5) is 0 Å². The zero-order valence-corrected chi connectivity index (χ0v) is 21.7. The number of carboxylic acid groups (broad SMARTS) is 1. The lowest BCUT2D eigenvalue weighted by Gasteiger charge is -2.11. The first-order chi connectivity index (χ1) is 16.8. The maximum atomic E-state index is 12.1. The van der Waals surface area contributed by atoms with Gasteiger partial charge in [-0.25, -0.2) is 9.78 Å². The Hall–Kier alpha value is -2.74. The number of carbonyl (C=O) groups is 1. The molecule has 0 bridgehead atoms. The van der Waals surface area contributed by atoms with Crippen LogP contribution in [-0.2, 0) is 6.54 Å². The molecule has 0 spiro atoms. The van der Waals surface area contributed by atoms with Crippen LogP contribution in [0.2, 0.25) is 10.0 Å². The molecule has 0 atom stereocenters. The summed E-state index contributed by atoms with van der Waals surface area (Å²) in [7, 11) is 4.09. The standard InChI is InChI=1S/C27H25Cl2N3O2S/c1-32(2)12-11-30-15-17-3-5-18(6-4-17)21-9-7-20(13-22(21)27(33)34)26-31-25(16-35-26)19-8-10-23(28)24(29)14-19/h3-10,13-14,16,30H,11-12,15H2,1-2H3,(H,33,34). The van der Waals surface area contributed by atoms with Gasteiger partial charge in [0.2, 0.25) is 0 Å². The lowest BCUT2D eigenvalue weighted by Crippen LogP contribution is -2.26. The van der Waals surface area contributed by atoms with Gasteiger partial charge in [-0.1, -0.05) is 65.7 Å². The normalized spacial score (nSPS) is 11.2. The molecule has 4 aromatic rings. The van der Waals surface area contributed by atoms with E-state index < -0.39 is 5.97 Å². The van der Waals surface area contributed by atoms with Crippen molar-refractivity contribution in [1.82, 2.24) is 15.2 Å². The minimum atomic E-state index is -0.974. The summed E-state index contributed by atoms with van der Waals surface area (Å²) in [6.07, 6.45) is 0. The van der Waals surface area contributed by atoms with Crippen molar-refractivity contribution in [3.05, 3.63) is 87.2 Å². The number of hydrogen-bond acceptors (Lipinski definition) is 5. The largest absolute Gasteiger partial charge is 0.478 e. The quantitative estimate of drug-likeness (QED) is 0.235. The summed E-state index contributed by atoms with van der Waals surface area (Å²) in [5.74, 6) is -0.974. The number of rotatable bonds is 9. The van der Waals surface area contributed by atoms with E-state index in [2.05, 4.69) is 10.2 Å². The number of thiazole rings is 1. The number of aromatic nitrogens is 1. The van der Waals surface area contributed by atoms with Crippen molar-refractivity contribution in [2.75, 3.05) is 27.2 Å². The summed E-state index contributed by atoms with van der Waals surface area (Å²) in [5.41, 5.74) is 5.30. The summed E-state index contributed by atoms with van der Waals surface area (Å²) in [4.78, 5) is 18.9. The first-order valence-corrected chi connectivity index (χ1v) is 12.7. The second kappa shape index (κ2) is 11.3. The van der Waals surface area contributed by atoms with E-state index in [1.54, 1.807) is 18.2 Å². The van der Waals surface area contributed by atoms with E-state index in [0.717, 1.165) is 52.6 Å². The highest BCUT2D eigenvalue weighted by Gasteiger charge is 2.16. The molecule has 0 unspecified atom stereocenters. The van der Waals surface area contributed by atoms with Crippen LogP contribution in [0.5, 0.6) is 0 Å². The van der Waals surface area contributed by atoms with Gasteiger partial charge in [-0.2, -0.15) is 0 Å². The predicted molar refractivity (Wildman–Crippen MR) is 146 cm³/mol. The van der Waals surface area contributed by atoms with Gasteiger partial charge < -0.3 is 15.3 Å². The maximum Gasteiger partial charge on any atom is 0.336 e. The van der Waals surface area contributed by atoms with Crippen LogP contribution in [0.3, 0.4) is 0 Å². The van der Waals surface area contributed by atoms with Crippen LogP contribution in [-0.4, -0.2) is 48.1 Å². The zero-order valence-electron chi connectivity index (χ0n) is 19.4. The van der Waals surface area contributed by atoms with Gasteiger partial charge in [0.15, 0.2) is 0 Å². The topological polar surface area (TPSA) is 65.5 Å². The van der Waals surface area contributed by atoms with Crippen LogP contribution in [0.25, 0.3) is 33.0 Å². The highest BCUT2D eigenvalue weighted by atomic mass is 35.5. The van der Waals surface area contributed by atoms with Crippen LogP contribution >= 0.6 is 34.5 Å². The first-order valence-electron chi connectivity index (χ1n) is 11.1. The summed E-state index contributed by atoms with van der Waals surface area (Å²) in [6, 6.07) is 18.8. The molecule has 35 heavy (non-hydrogen) atoms. The Morgan fingerprint density at radius 1 is 0.971 bits per heavy atom. The molecular weight excluding hydrogens is 501 g/mol. The molecule has 0 saturated carbocycles. The van der Waals surface area contributed by atoms with E-state index in [1.807, 2.05) is 61.9 Å². The van der Waals surface area contributed by atoms with Crippen LogP contribution in [0, 0.1) is 0 Å². The average molecular weight is 526 g/mol. The Bertz CT molecular complexity index is 1340. The van der Waals surface area contributed by atoms with Gasteiger partial charge in [0, 0.05) is 36.1 Å². The highest BCUT2D eigenvalue weighted by molar-refractivity contribution is 7.13. The smallest absolute Gasteiger partial charge is 0.336 e. The fourth-order valence-electron chi connectivity index (χ4n) is 3.64. The average Bonchev–Trinajstić information content (AvgIpc) is 3.34. The van der Waals surface area contributed by atoms with Gasteiger partial charge in [0.25, 0.3) is 0 Å². The zero-order chi connectivity index (χ0) is 24.9. The molecule has 5 nitrogen and oxygen atoms in total. The molecule has 0 aliphatic rings. The Kier molecular flexibility index (Phi) is 8.21. The number of carboxylic acids is 1. The van der Waals surface area contributed by atoms with Crippen LogP contribution < -0.4 is 5.32 Å². The van der Waals surface area contributed by atoms with E-state index in [9.17, 15) is 9.90 Å². The van der Waals surface area contributed by atoms with Crippen molar-refractivity contribution in [1.29, 1.82) is 0 Å². The van der Waals surface area contributed by atoms with Crippen molar-refractivity contribution in [2.45, 2.75) is 6.54 Å². The molecule has 4 rings (SSSR count). The molecule has 0 radical (unpaired) electrons. The molecule has 0 amide bonds. The van der Waals surface area contributed by atoms with Gasteiger partial charge in [-0.15, -0.1) is 11.3 Å². The molecule has 1 aromatic heterocycles. The third-order valence-electron chi connectivity index (χ3n) is 5.55. The summed E-state index contributed by atoms with van der Waals surface area (Å²) < 4.78 is 0. The van der Waals surface area contributed by atoms with Crippen molar-refractivity contribution in [3.8, 4) is 33.0 Å². The maximum absolute atomic E-state index is 12.1. The van der Waals surface area contributed by atoms with E-state index in [-0.39, 0.29) is 5.56 Å². The Morgan fingerprint density at radius 2 is 1.69 bits per heavy atom. The fourth-order valence-corrected chi connectivity index (χ4v) is 4.76. The number of nitrogens with one attached hydrogen (secondary N) is 1. The number of halogens is 2. The van der Waals surface area contributed by atoms with E-state index >= 15 is 0 Å². The second-order valence-corrected chi connectivity index (χ2v) is 10.1. The van der Waals surface area contributed by atoms with E-state index in [1.165, 1.54) is 11.3 Å². The SMILES string of the molecule is CN(C)CCNCc1ccc(-c2ccc(-c3nc(-c4ccc(Cl)c(Cl)c4)cs3)cc2C(=O)O)cc1. The number of benzene rings is 3. The first kappa shape index (κ1) is 25.4. The summed E-state index contributed by atoms with van der Waals surface area (Å²) in [6.45, 7) is 2.65. The van der Waals surface area contributed by atoms with Gasteiger partial charge in [0.05, 0.1) is 21.3 Å². The Labute approximate surface area is 219 Å². The fraction of sp³-hybridized carbons (Fsp3) is 0.185. The number of aromatic carboxylic acids is 1. The Balaban J connectivity index is 1.55. The van der Waals surface area contributed by atoms with Gasteiger partial charge in [-0.3, -0.25) is 0 Å². The molecule has 8 heteroatoms. The molecule has 180 valence electrons. The Morgan fingerprint density at radius 3 is 2.37 bits per heavy atom. The monoisotopic (exact) mass is 525 g/mol. The van der Waals surface area contributed by atoms with Crippen molar-refractivity contribution < 1.29 is 9.90 Å². The molecule has 0 fully saturated rings. The number of likely N-dealkylation sites (N-methyl/N-ethyl adjacent to an activating group) is 1. The van der Waals surface area contributed by atoms with Gasteiger partial charge in [0.1, 0.15) is 5.01 Å². The molecule has 0 aliphatic heterocycles. The number of nitrogens with zero attached hydrogens (tertiary/aromatic N) is 2. The molecule has 1 heterocycles. The van der Waals surface area contributed by atoms with Crippen LogP contribution in [0.1, 0.15) is 15.9 Å². The minimum Gasteiger partial charge on any atom is -0.478 e. The van der Waals surface area contributed by atoms with Crippen molar-refractivity contribution in [2.24, 2.45) is 0 Å².